The normalized spacial score (nSPS) is 18.7. The van der Waals surface area contributed by atoms with Crippen LogP contribution in [0.1, 0.15) is 27.2 Å². The molecule has 0 unspecified atom stereocenters. The van der Waals surface area contributed by atoms with E-state index in [-0.39, 0.29) is 5.54 Å². The molecule has 0 bridgehead atoms. The number of nitrogens with one attached hydrogen (secondary N) is 1. The minimum atomic E-state index is -0.102. The molecule has 2 nitrogen and oxygen atoms in total. The van der Waals surface area contributed by atoms with Gasteiger partial charge >= 0.3 is 0 Å². The SMILES string of the molecule is CC[C@](C)(NC#N)[C@@H](C)Br. The summed E-state index contributed by atoms with van der Waals surface area (Å²) in [5, 5.41) is 11.2. The van der Waals surface area contributed by atoms with Crippen LogP contribution < -0.4 is 5.32 Å². The average Bonchev–Trinajstić information content (AvgIpc) is 1.88. The second-order valence-electron chi connectivity index (χ2n) is 2.62. The van der Waals surface area contributed by atoms with Crippen LogP contribution in [0.3, 0.4) is 0 Å². The fourth-order valence-corrected chi connectivity index (χ4v) is 1.04. The zero-order chi connectivity index (χ0) is 8.20. The van der Waals surface area contributed by atoms with Gasteiger partial charge in [-0.05, 0) is 13.3 Å². The highest BCUT2D eigenvalue weighted by atomic mass is 79.9. The van der Waals surface area contributed by atoms with E-state index < -0.39 is 0 Å². The quantitative estimate of drug-likeness (QED) is 0.434. The molecule has 0 aromatic carbocycles. The first kappa shape index (κ1) is 9.77. The van der Waals surface area contributed by atoms with E-state index in [1.54, 1.807) is 0 Å². The summed E-state index contributed by atoms with van der Waals surface area (Å²) in [4.78, 5) is 0.310. The van der Waals surface area contributed by atoms with Gasteiger partial charge in [-0.3, -0.25) is 0 Å². The second-order valence-corrected chi connectivity index (χ2v) is 4.00. The minimum Gasteiger partial charge on any atom is -0.317 e. The van der Waals surface area contributed by atoms with Crippen molar-refractivity contribution in [2.45, 2.75) is 37.6 Å². The van der Waals surface area contributed by atoms with Gasteiger partial charge in [0.2, 0.25) is 0 Å². The molecule has 0 rings (SSSR count). The fraction of sp³-hybridized carbons (Fsp3) is 0.857. The van der Waals surface area contributed by atoms with Crippen molar-refractivity contribution in [3.05, 3.63) is 0 Å². The first-order chi connectivity index (χ1) is 4.56. The Hall–Kier alpha value is -0.230. The summed E-state index contributed by atoms with van der Waals surface area (Å²) in [6.45, 7) is 6.12. The molecular formula is C7H13BrN2. The molecule has 0 heterocycles. The highest BCUT2D eigenvalue weighted by Gasteiger charge is 2.26. The fourth-order valence-electron chi connectivity index (χ4n) is 0.597. The molecule has 1 N–H and O–H groups in total. The molecular weight excluding hydrogens is 192 g/mol. The van der Waals surface area contributed by atoms with Crippen LogP contribution in [0, 0.1) is 11.5 Å². The van der Waals surface area contributed by atoms with Gasteiger partial charge in [0, 0.05) is 4.83 Å². The lowest BCUT2D eigenvalue weighted by Gasteiger charge is -2.29. The summed E-state index contributed by atoms with van der Waals surface area (Å²) in [5.74, 6) is 0. The number of nitriles is 1. The summed E-state index contributed by atoms with van der Waals surface area (Å²) in [6.07, 6.45) is 2.90. The maximum absolute atomic E-state index is 8.40. The lowest BCUT2D eigenvalue weighted by Crippen LogP contribution is -2.45. The van der Waals surface area contributed by atoms with Crippen molar-refractivity contribution in [1.29, 1.82) is 5.26 Å². The van der Waals surface area contributed by atoms with E-state index in [2.05, 4.69) is 28.2 Å². The van der Waals surface area contributed by atoms with Crippen molar-refractivity contribution in [3.8, 4) is 6.19 Å². The Bertz CT molecular complexity index is 139. The molecule has 0 radical (unpaired) electrons. The third-order valence-corrected chi connectivity index (χ3v) is 2.96. The smallest absolute Gasteiger partial charge is 0.177 e. The molecule has 0 amide bonds. The van der Waals surface area contributed by atoms with E-state index in [0.29, 0.717) is 4.83 Å². The second kappa shape index (κ2) is 3.82. The molecule has 0 spiro atoms. The van der Waals surface area contributed by atoms with E-state index in [1.165, 1.54) is 0 Å². The third kappa shape index (κ3) is 2.18. The highest BCUT2D eigenvalue weighted by molar-refractivity contribution is 9.09. The van der Waals surface area contributed by atoms with Gasteiger partial charge in [-0.25, -0.2) is 0 Å². The molecule has 0 aromatic rings. The van der Waals surface area contributed by atoms with E-state index in [1.807, 2.05) is 20.0 Å². The first-order valence-corrected chi connectivity index (χ1v) is 4.28. The van der Waals surface area contributed by atoms with Gasteiger partial charge in [0.1, 0.15) is 0 Å². The van der Waals surface area contributed by atoms with Crippen LogP contribution in [-0.4, -0.2) is 10.4 Å². The Morgan fingerprint density at radius 1 is 1.80 bits per heavy atom. The molecule has 0 aliphatic rings. The van der Waals surface area contributed by atoms with Gasteiger partial charge in [0.05, 0.1) is 5.54 Å². The summed E-state index contributed by atoms with van der Waals surface area (Å²) in [6, 6.07) is 0. The van der Waals surface area contributed by atoms with E-state index in [9.17, 15) is 0 Å². The van der Waals surface area contributed by atoms with Crippen LogP contribution in [0.2, 0.25) is 0 Å². The van der Waals surface area contributed by atoms with Gasteiger partial charge < -0.3 is 5.32 Å². The van der Waals surface area contributed by atoms with Crippen molar-refractivity contribution in [3.63, 3.8) is 0 Å². The number of hydrogen-bond acceptors (Lipinski definition) is 2. The third-order valence-electron chi connectivity index (χ3n) is 1.95. The standard InChI is InChI=1S/C7H13BrN2/c1-4-7(3,6(2)8)10-5-9/h6,10H,4H2,1-3H3/t6-,7+/m1/s1. The van der Waals surface area contributed by atoms with Gasteiger partial charge in [-0.2, -0.15) is 5.26 Å². The Balaban J connectivity index is 4.11. The van der Waals surface area contributed by atoms with Crippen molar-refractivity contribution in [2.24, 2.45) is 0 Å². The van der Waals surface area contributed by atoms with Crippen LogP contribution in [0.25, 0.3) is 0 Å². The topological polar surface area (TPSA) is 35.8 Å². The predicted molar refractivity (Wildman–Crippen MR) is 45.8 cm³/mol. The summed E-state index contributed by atoms with van der Waals surface area (Å²) >= 11 is 3.44. The van der Waals surface area contributed by atoms with Gasteiger partial charge in [-0.15, -0.1) is 0 Å². The predicted octanol–water partition coefficient (Wildman–Crippen LogP) is 2.01. The van der Waals surface area contributed by atoms with Gasteiger partial charge in [0.15, 0.2) is 6.19 Å². The van der Waals surface area contributed by atoms with Crippen LogP contribution in [0.4, 0.5) is 0 Å². The maximum Gasteiger partial charge on any atom is 0.177 e. The maximum atomic E-state index is 8.40. The Kier molecular flexibility index (Phi) is 3.73. The Morgan fingerprint density at radius 3 is 2.40 bits per heavy atom. The van der Waals surface area contributed by atoms with Crippen molar-refractivity contribution < 1.29 is 0 Å². The van der Waals surface area contributed by atoms with Gasteiger partial charge in [0.25, 0.3) is 0 Å². The van der Waals surface area contributed by atoms with Crippen LogP contribution in [0.5, 0.6) is 0 Å². The minimum absolute atomic E-state index is 0.102. The van der Waals surface area contributed by atoms with Crippen molar-refractivity contribution in [2.75, 3.05) is 0 Å². The number of nitrogens with zero attached hydrogens (tertiary/aromatic N) is 1. The molecule has 10 heavy (non-hydrogen) atoms. The summed E-state index contributed by atoms with van der Waals surface area (Å²) < 4.78 is 0. The zero-order valence-corrected chi connectivity index (χ0v) is 8.20. The molecule has 2 atom stereocenters. The number of halogens is 1. The largest absolute Gasteiger partial charge is 0.317 e. The lowest BCUT2D eigenvalue weighted by molar-refractivity contribution is 0.395. The zero-order valence-electron chi connectivity index (χ0n) is 6.61. The van der Waals surface area contributed by atoms with Crippen LogP contribution >= 0.6 is 15.9 Å². The Morgan fingerprint density at radius 2 is 2.30 bits per heavy atom. The highest BCUT2D eigenvalue weighted by Crippen LogP contribution is 2.20. The number of hydrogen-bond donors (Lipinski definition) is 1. The van der Waals surface area contributed by atoms with Gasteiger partial charge in [-0.1, -0.05) is 29.8 Å². The molecule has 0 aliphatic carbocycles. The molecule has 3 heteroatoms. The van der Waals surface area contributed by atoms with Crippen LogP contribution in [-0.2, 0) is 0 Å². The number of rotatable bonds is 3. The van der Waals surface area contributed by atoms with Crippen molar-refractivity contribution in [1.82, 2.24) is 5.32 Å². The molecule has 58 valence electrons. The lowest BCUT2D eigenvalue weighted by atomic mass is 9.96. The summed E-state index contributed by atoms with van der Waals surface area (Å²) in [5.41, 5.74) is -0.102. The number of alkyl halides is 1. The van der Waals surface area contributed by atoms with E-state index in [0.717, 1.165) is 6.42 Å². The van der Waals surface area contributed by atoms with Crippen LogP contribution in [0.15, 0.2) is 0 Å². The molecule has 0 saturated heterocycles. The monoisotopic (exact) mass is 204 g/mol. The molecule has 0 fully saturated rings. The molecule has 0 aromatic heterocycles. The Labute approximate surface area is 70.7 Å². The average molecular weight is 205 g/mol. The van der Waals surface area contributed by atoms with E-state index in [4.69, 9.17) is 5.26 Å². The van der Waals surface area contributed by atoms with E-state index >= 15 is 0 Å². The van der Waals surface area contributed by atoms with Crippen molar-refractivity contribution >= 4 is 15.9 Å². The first-order valence-electron chi connectivity index (χ1n) is 3.37. The molecule has 0 saturated carbocycles. The summed E-state index contributed by atoms with van der Waals surface area (Å²) in [7, 11) is 0. The molecule has 0 aliphatic heterocycles.